The summed E-state index contributed by atoms with van der Waals surface area (Å²) >= 11 is 0. The molecule has 1 atom stereocenters. The monoisotopic (exact) mass is 883 g/mol. The minimum absolute atomic E-state index is 0.0659. The number of hydrogen-bond acceptors (Lipinski definition) is 12. The van der Waals surface area contributed by atoms with Crippen molar-refractivity contribution in [1.29, 1.82) is 0 Å². The second-order valence-corrected chi connectivity index (χ2v) is 22.9. The van der Waals surface area contributed by atoms with Crippen molar-refractivity contribution in [1.82, 2.24) is 4.90 Å². The van der Waals surface area contributed by atoms with Crippen LogP contribution >= 0.6 is 0 Å². The lowest BCUT2D eigenvalue weighted by atomic mass is 10.2. The third-order valence-electron chi connectivity index (χ3n) is 9.08. The van der Waals surface area contributed by atoms with E-state index in [9.17, 15) is 22.0 Å². The quantitative estimate of drug-likeness (QED) is 0.0437. The van der Waals surface area contributed by atoms with E-state index in [1.165, 1.54) is 24.3 Å². The number of benzene rings is 3. The molecule has 0 fully saturated rings. The second kappa shape index (κ2) is 24.0. The summed E-state index contributed by atoms with van der Waals surface area (Å²) in [6.45, 7) is 18.1. The molecule has 0 aliphatic rings. The Balaban J connectivity index is 1.71. The summed E-state index contributed by atoms with van der Waals surface area (Å²) in [7, 11) is -5.91. The summed E-state index contributed by atoms with van der Waals surface area (Å²) in [4.78, 5) is 15.1. The molecule has 336 valence electrons. The Morgan fingerprint density at radius 3 is 1.70 bits per heavy atom. The maximum absolute atomic E-state index is 13.6. The summed E-state index contributed by atoms with van der Waals surface area (Å²) in [5.74, 6) is 0.565. The van der Waals surface area contributed by atoms with Crippen molar-refractivity contribution in [3.8, 4) is 17.2 Å². The molecule has 60 heavy (non-hydrogen) atoms. The van der Waals surface area contributed by atoms with Crippen LogP contribution < -0.4 is 14.2 Å². The van der Waals surface area contributed by atoms with Crippen LogP contribution in [0.25, 0.3) is 0 Å². The van der Waals surface area contributed by atoms with E-state index < -0.39 is 36.2 Å². The fourth-order valence-corrected chi connectivity index (χ4v) is 6.69. The number of rotatable bonds is 26. The predicted octanol–water partition coefficient (Wildman–Crippen LogP) is 8.16. The molecule has 0 aromatic heterocycles. The first-order chi connectivity index (χ1) is 28.1. The number of ether oxygens (including phenoxy) is 7. The first-order valence-electron chi connectivity index (χ1n) is 19.8. The van der Waals surface area contributed by atoms with Crippen molar-refractivity contribution in [2.75, 3.05) is 72.2 Å². The van der Waals surface area contributed by atoms with Gasteiger partial charge >= 0.3 is 6.09 Å². The minimum atomic E-state index is -3.51. The lowest BCUT2D eigenvalue weighted by Crippen LogP contribution is -2.51. The molecule has 3 aromatic carbocycles. The van der Waals surface area contributed by atoms with Crippen LogP contribution in [0, 0.1) is 11.6 Å². The van der Waals surface area contributed by atoms with Gasteiger partial charge in [-0.25, -0.2) is 13.6 Å². The van der Waals surface area contributed by atoms with Crippen LogP contribution in [0.3, 0.4) is 0 Å². The molecule has 0 saturated heterocycles. The number of carbonyl (C=O) groups excluding carboxylic acids is 1. The lowest BCUT2D eigenvalue weighted by Gasteiger charge is -2.40. The molecule has 0 aliphatic carbocycles. The fraction of sp³-hybridized carbons (Fsp3) is 0.558. The highest BCUT2D eigenvalue weighted by Gasteiger charge is 2.40. The van der Waals surface area contributed by atoms with E-state index >= 15 is 0 Å². The summed E-state index contributed by atoms with van der Waals surface area (Å²) in [5, 5.41) is -0.148. The highest BCUT2D eigenvalue weighted by Crippen LogP contribution is 2.38. The molecule has 0 spiro atoms. The zero-order valence-electron chi connectivity index (χ0n) is 36.4. The number of carbonyl (C=O) groups is 1. The van der Waals surface area contributed by atoms with E-state index in [4.69, 9.17) is 37.6 Å². The molecular weight excluding hydrogens is 821 g/mol. The fourth-order valence-electron chi connectivity index (χ4n) is 4.99. The maximum atomic E-state index is 13.6. The molecule has 0 bridgehead atoms. The molecule has 17 heteroatoms. The summed E-state index contributed by atoms with van der Waals surface area (Å²) in [6.07, 6.45) is -0.116. The van der Waals surface area contributed by atoms with Crippen LogP contribution in [0.2, 0.25) is 18.1 Å². The minimum Gasteiger partial charge on any atom is -0.491 e. The Labute approximate surface area is 355 Å². The number of amides is 1. The molecule has 0 N–H and O–H groups in total. The van der Waals surface area contributed by atoms with Crippen molar-refractivity contribution >= 4 is 24.5 Å². The predicted molar refractivity (Wildman–Crippen MR) is 227 cm³/mol. The average molecular weight is 884 g/mol. The average Bonchev–Trinajstić information content (AvgIpc) is 3.15. The summed E-state index contributed by atoms with van der Waals surface area (Å²) < 4.78 is 102. The van der Waals surface area contributed by atoms with Gasteiger partial charge in [0.15, 0.2) is 19.8 Å². The van der Waals surface area contributed by atoms with Gasteiger partial charge in [0.05, 0.1) is 65.2 Å². The van der Waals surface area contributed by atoms with Crippen molar-refractivity contribution < 1.29 is 63.8 Å². The van der Waals surface area contributed by atoms with Gasteiger partial charge in [0, 0.05) is 12.6 Å². The van der Waals surface area contributed by atoms with Gasteiger partial charge in [-0.3, -0.25) is 4.18 Å². The molecule has 13 nitrogen and oxygen atoms in total. The van der Waals surface area contributed by atoms with Crippen LogP contribution in [0.1, 0.15) is 52.7 Å². The SMILES string of the molecule is CC(C)(C)OC(=O)N(CCOCCOCCOCCOS(C)(=O)=O)CC(COc1ccc(OCc2ccc(F)cc2)c(OCc2ccc(F)cc2)c1)O[Si](C)(C)C(C)(C)C. The standard InChI is InChI=1S/C43H63F2NO12SSi/c1-42(2,3)57-41(47)46(20-21-50-22-23-51-24-25-52-26-27-56-59(7,48)49)29-38(58-60(8,9)43(4,5)6)32-53-37-18-19-39(54-30-33-10-14-35(44)15-11-33)40(28-37)55-31-34-12-16-36(45)17-13-34/h10-19,28,38H,20-27,29-32H2,1-9H3. The Morgan fingerprint density at radius 1 is 0.700 bits per heavy atom. The Bertz CT molecular complexity index is 1840. The Kier molecular flexibility index (Phi) is 20.2. The van der Waals surface area contributed by atoms with Gasteiger partial charge in [-0.2, -0.15) is 8.42 Å². The first kappa shape index (κ1) is 50.5. The van der Waals surface area contributed by atoms with Gasteiger partial charge in [0.25, 0.3) is 10.1 Å². The zero-order valence-corrected chi connectivity index (χ0v) is 38.2. The van der Waals surface area contributed by atoms with Crippen LogP contribution in [-0.2, 0) is 50.9 Å². The van der Waals surface area contributed by atoms with E-state index in [2.05, 4.69) is 38.0 Å². The van der Waals surface area contributed by atoms with Crippen LogP contribution in [0.4, 0.5) is 13.6 Å². The molecule has 3 aromatic rings. The maximum Gasteiger partial charge on any atom is 0.410 e. The molecule has 1 amide bonds. The van der Waals surface area contributed by atoms with Gasteiger partial charge in [-0.05, 0) is 86.4 Å². The third kappa shape index (κ3) is 20.1. The molecule has 0 radical (unpaired) electrons. The molecular formula is C43H63F2NO12SSi. The Hall–Kier alpha value is -3.84. The normalized spacial score (nSPS) is 12.8. The van der Waals surface area contributed by atoms with Crippen LogP contribution in [0.15, 0.2) is 66.7 Å². The summed E-state index contributed by atoms with van der Waals surface area (Å²) in [5.41, 5.74) is 0.759. The number of halogens is 2. The van der Waals surface area contributed by atoms with Gasteiger partial charge < -0.3 is 42.5 Å². The van der Waals surface area contributed by atoms with Crippen LogP contribution in [-0.4, -0.2) is 112 Å². The highest BCUT2D eigenvalue weighted by molar-refractivity contribution is 7.85. The summed E-state index contributed by atoms with van der Waals surface area (Å²) in [6, 6.07) is 17.2. The largest absolute Gasteiger partial charge is 0.491 e. The molecule has 0 aliphatic heterocycles. The number of hydrogen-bond donors (Lipinski definition) is 0. The van der Waals surface area contributed by atoms with E-state index in [1.54, 1.807) is 68.1 Å². The van der Waals surface area contributed by atoms with E-state index in [0.717, 1.165) is 17.4 Å². The van der Waals surface area contributed by atoms with Crippen molar-refractivity contribution in [3.63, 3.8) is 0 Å². The Morgan fingerprint density at radius 2 is 1.20 bits per heavy atom. The third-order valence-corrected chi connectivity index (χ3v) is 14.2. The van der Waals surface area contributed by atoms with Crippen molar-refractivity contribution in [2.24, 2.45) is 0 Å². The zero-order chi connectivity index (χ0) is 44.4. The first-order valence-corrected chi connectivity index (χ1v) is 24.6. The van der Waals surface area contributed by atoms with Gasteiger partial charge in [0.1, 0.15) is 42.8 Å². The van der Waals surface area contributed by atoms with E-state index in [-0.39, 0.29) is 95.8 Å². The molecule has 3 rings (SSSR count). The van der Waals surface area contributed by atoms with Crippen molar-refractivity contribution in [3.05, 3.63) is 89.5 Å². The van der Waals surface area contributed by atoms with E-state index in [1.807, 2.05) is 0 Å². The lowest BCUT2D eigenvalue weighted by molar-refractivity contribution is -0.00795. The highest BCUT2D eigenvalue weighted by atomic mass is 32.2. The van der Waals surface area contributed by atoms with E-state index in [0.29, 0.717) is 17.2 Å². The molecule has 1 unspecified atom stereocenters. The van der Waals surface area contributed by atoms with Gasteiger partial charge in [-0.15, -0.1) is 0 Å². The van der Waals surface area contributed by atoms with Gasteiger partial charge in [0.2, 0.25) is 0 Å². The van der Waals surface area contributed by atoms with Crippen molar-refractivity contribution in [2.45, 2.75) is 84.6 Å². The smallest absolute Gasteiger partial charge is 0.410 e. The van der Waals surface area contributed by atoms with Crippen LogP contribution in [0.5, 0.6) is 17.2 Å². The topological polar surface area (TPSA) is 138 Å². The second-order valence-electron chi connectivity index (χ2n) is 16.5. The van der Waals surface area contributed by atoms with Gasteiger partial charge in [-0.1, -0.05) is 45.0 Å². The number of nitrogens with zero attached hydrogens (tertiary/aromatic N) is 1. The molecule has 0 heterocycles. The molecule has 0 saturated carbocycles.